The Labute approximate surface area is 152 Å². The fraction of sp³-hybridized carbons (Fsp3) is 0.556. The number of carbonyl (C=O) groups is 2. The van der Waals surface area contributed by atoms with Gasteiger partial charge in [0, 0.05) is 10.6 Å². The molecule has 1 aromatic rings. The molecule has 1 heterocycles. The number of halogens is 1. The van der Waals surface area contributed by atoms with Gasteiger partial charge in [-0.1, -0.05) is 25.4 Å². The first-order valence-electron chi connectivity index (χ1n) is 8.34. The van der Waals surface area contributed by atoms with Crippen molar-refractivity contribution < 1.29 is 24.2 Å². The molecule has 25 heavy (non-hydrogen) atoms. The van der Waals surface area contributed by atoms with E-state index < -0.39 is 18.2 Å². The summed E-state index contributed by atoms with van der Waals surface area (Å²) in [4.78, 5) is 23.6. The zero-order valence-corrected chi connectivity index (χ0v) is 15.4. The summed E-state index contributed by atoms with van der Waals surface area (Å²) < 4.78 is 10.7. The number of carboxylic acids is 1. The van der Waals surface area contributed by atoms with Crippen LogP contribution in [0.1, 0.15) is 44.7 Å². The predicted octanol–water partition coefficient (Wildman–Crippen LogP) is 3.18. The molecule has 0 aliphatic carbocycles. The van der Waals surface area contributed by atoms with Crippen LogP contribution in [-0.4, -0.2) is 36.3 Å². The van der Waals surface area contributed by atoms with Crippen LogP contribution in [0.25, 0.3) is 0 Å². The Morgan fingerprint density at radius 1 is 1.36 bits per heavy atom. The van der Waals surface area contributed by atoms with E-state index >= 15 is 0 Å². The van der Waals surface area contributed by atoms with E-state index in [0.717, 1.165) is 5.56 Å². The first-order valence-corrected chi connectivity index (χ1v) is 8.71. The predicted molar refractivity (Wildman–Crippen MR) is 93.9 cm³/mol. The molecule has 6 nitrogen and oxygen atoms in total. The second kappa shape index (κ2) is 8.54. The molecular weight excluding hydrogens is 346 g/mol. The molecule has 1 aromatic carbocycles. The molecule has 1 saturated heterocycles. The highest BCUT2D eigenvalue weighted by Gasteiger charge is 2.35. The summed E-state index contributed by atoms with van der Waals surface area (Å²) in [6.45, 7) is 4.12. The van der Waals surface area contributed by atoms with E-state index in [1.807, 2.05) is 0 Å². The largest absolute Gasteiger partial charge is 0.496 e. The molecule has 1 amide bonds. The van der Waals surface area contributed by atoms with Crippen molar-refractivity contribution in [3.05, 3.63) is 28.8 Å². The molecule has 1 aliphatic rings. The fourth-order valence-electron chi connectivity index (χ4n) is 2.99. The number of benzene rings is 1. The second-order valence-corrected chi connectivity index (χ2v) is 7.04. The summed E-state index contributed by atoms with van der Waals surface area (Å²) in [5.41, 5.74) is 0.796. The van der Waals surface area contributed by atoms with E-state index in [-0.39, 0.29) is 11.9 Å². The average Bonchev–Trinajstić information content (AvgIpc) is 3.04. The standard InChI is InChI=1S/C18H24ClNO5/c1-10(2)8-13(12-9-11(19)4-5-14(12)24-3)20-17(21)15-6-7-16(25-15)18(22)23/h4-5,9-10,13,15-16H,6-8H2,1-3H3,(H,20,21)(H,22,23)/t13?,15-,16+/m0/s1. The summed E-state index contributed by atoms with van der Waals surface area (Å²) in [5.74, 6) is -0.377. The van der Waals surface area contributed by atoms with Gasteiger partial charge < -0.3 is 19.9 Å². The lowest BCUT2D eigenvalue weighted by molar-refractivity contribution is -0.151. The van der Waals surface area contributed by atoms with Crippen molar-refractivity contribution in [1.29, 1.82) is 0 Å². The quantitative estimate of drug-likeness (QED) is 0.771. The molecule has 2 N–H and O–H groups in total. The van der Waals surface area contributed by atoms with E-state index in [0.29, 0.717) is 36.0 Å². The molecule has 7 heteroatoms. The maximum absolute atomic E-state index is 12.6. The van der Waals surface area contributed by atoms with Crippen molar-refractivity contribution in [2.75, 3.05) is 7.11 Å². The first-order chi connectivity index (χ1) is 11.8. The lowest BCUT2D eigenvalue weighted by Crippen LogP contribution is -2.38. The smallest absolute Gasteiger partial charge is 0.332 e. The number of hydrogen-bond acceptors (Lipinski definition) is 4. The van der Waals surface area contributed by atoms with Gasteiger partial charge in [0.05, 0.1) is 13.2 Å². The van der Waals surface area contributed by atoms with Crippen LogP contribution in [0.15, 0.2) is 18.2 Å². The minimum Gasteiger partial charge on any atom is -0.496 e. The third-order valence-corrected chi connectivity index (χ3v) is 4.41. The number of carboxylic acid groups (broad SMARTS) is 1. The number of amides is 1. The van der Waals surface area contributed by atoms with Gasteiger partial charge in [0.1, 0.15) is 11.9 Å². The Balaban J connectivity index is 2.17. The average molecular weight is 370 g/mol. The summed E-state index contributed by atoms with van der Waals surface area (Å²) in [7, 11) is 1.57. The van der Waals surface area contributed by atoms with Crippen LogP contribution in [0.3, 0.4) is 0 Å². The summed E-state index contributed by atoms with van der Waals surface area (Å²) in [6.07, 6.45) is -0.245. The molecule has 3 atom stereocenters. The Bertz CT molecular complexity index is 634. The van der Waals surface area contributed by atoms with E-state index in [1.54, 1.807) is 25.3 Å². The SMILES string of the molecule is COc1ccc(Cl)cc1C(CC(C)C)NC(=O)[C@@H]1CC[C@H](C(=O)O)O1. The number of nitrogens with one attached hydrogen (secondary N) is 1. The van der Waals surface area contributed by atoms with Crippen molar-refractivity contribution >= 4 is 23.5 Å². The zero-order chi connectivity index (χ0) is 18.6. The Kier molecular flexibility index (Phi) is 6.67. The van der Waals surface area contributed by atoms with Crippen molar-refractivity contribution in [3.8, 4) is 5.75 Å². The number of aliphatic carboxylic acids is 1. The van der Waals surface area contributed by atoms with Gasteiger partial charge in [-0.05, 0) is 43.4 Å². The van der Waals surface area contributed by atoms with Gasteiger partial charge in [0.15, 0.2) is 6.10 Å². The van der Waals surface area contributed by atoms with Gasteiger partial charge in [0.2, 0.25) is 5.91 Å². The molecule has 1 fully saturated rings. The monoisotopic (exact) mass is 369 g/mol. The lowest BCUT2D eigenvalue weighted by Gasteiger charge is -2.24. The highest BCUT2D eigenvalue weighted by molar-refractivity contribution is 6.30. The molecule has 1 unspecified atom stereocenters. The fourth-order valence-corrected chi connectivity index (χ4v) is 3.17. The topological polar surface area (TPSA) is 84.9 Å². The Morgan fingerprint density at radius 2 is 2.04 bits per heavy atom. The van der Waals surface area contributed by atoms with Crippen molar-refractivity contribution in [3.63, 3.8) is 0 Å². The van der Waals surface area contributed by atoms with Crippen molar-refractivity contribution in [2.24, 2.45) is 5.92 Å². The maximum Gasteiger partial charge on any atom is 0.332 e. The van der Waals surface area contributed by atoms with E-state index in [9.17, 15) is 9.59 Å². The van der Waals surface area contributed by atoms with E-state index in [2.05, 4.69) is 19.2 Å². The molecule has 0 spiro atoms. The summed E-state index contributed by atoms with van der Waals surface area (Å²) in [5, 5.41) is 12.5. The number of rotatable bonds is 7. The van der Waals surface area contributed by atoms with Crippen LogP contribution >= 0.6 is 11.6 Å². The molecular formula is C18H24ClNO5. The van der Waals surface area contributed by atoms with Gasteiger partial charge in [-0.3, -0.25) is 4.79 Å². The van der Waals surface area contributed by atoms with Crippen LogP contribution in [0.4, 0.5) is 0 Å². The van der Waals surface area contributed by atoms with Crippen LogP contribution in [0.2, 0.25) is 5.02 Å². The van der Waals surface area contributed by atoms with Crippen molar-refractivity contribution in [1.82, 2.24) is 5.32 Å². The van der Waals surface area contributed by atoms with Crippen LogP contribution in [0, 0.1) is 5.92 Å². The normalized spacial score (nSPS) is 21.2. The minimum absolute atomic E-state index is 0.298. The Morgan fingerprint density at radius 3 is 2.60 bits per heavy atom. The van der Waals surface area contributed by atoms with E-state index in [4.69, 9.17) is 26.2 Å². The molecule has 0 aromatic heterocycles. The van der Waals surface area contributed by atoms with E-state index in [1.165, 1.54) is 0 Å². The highest BCUT2D eigenvalue weighted by atomic mass is 35.5. The van der Waals surface area contributed by atoms with Crippen LogP contribution in [-0.2, 0) is 14.3 Å². The third kappa shape index (κ3) is 5.09. The second-order valence-electron chi connectivity index (χ2n) is 6.61. The number of carbonyl (C=O) groups excluding carboxylic acids is 1. The minimum atomic E-state index is -1.04. The molecule has 138 valence electrons. The molecule has 2 rings (SSSR count). The number of methoxy groups -OCH3 is 1. The van der Waals surface area contributed by atoms with Gasteiger partial charge in [-0.25, -0.2) is 4.79 Å². The van der Waals surface area contributed by atoms with Gasteiger partial charge >= 0.3 is 5.97 Å². The molecule has 1 aliphatic heterocycles. The Hall–Kier alpha value is -1.79. The maximum atomic E-state index is 12.6. The van der Waals surface area contributed by atoms with Gasteiger partial charge in [-0.2, -0.15) is 0 Å². The lowest BCUT2D eigenvalue weighted by atomic mass is 9.95. The number of hydrogen-bond donors (Lipinski definition) is 2. The summed E-state index contributed by atoms with van der Waals surface area (Å²) >= 11 is 6.11. The van der Waals surface area contributed by atoms with Gasteiger partial charge in [-0.15, -0.1) is 0 Å². The highest BCUT2D eigenvalue weighted by Crippen LogP contribution is 2.32. The van der Waals surface area contributed by atoms with Crippen LogP contribution in [0.5, 0.6) is 5.75 Å². The molecule has 0 bridgehead atoms. The zero-order valence-electron chi connectivity index (χ0n) is 14.6. The van der Waals surface area contributed by atoms with Crippen molar-refractivity contribution in [2.45, 2.75) is 51.4 Å². The van der Waals surface area contributed by atoms with Gasteiger partial charge in [0.25, 0.3) is 0 Å². The third-order valence-electron chi connectivity index (χ3n) is 4.18. The first kappa shape index (κ1) is 19.5. The number of ether oxygens (including phenoxy) is 2. The molecule has 0 saturated carbocycles. The summed E-state index contributed by atoms with van der Waals surface area (Å²) in [6, 6.07) is 4.98. The van der Waals surface area contributed by atoms with Crippen LogP contribution < -0.4 is 10.1 Å². The molecule has 0 radical (unpaired) electrons.